The van der Waals surface area contributed by atoms with E-state index in [9.17, 15) is 20.1 Å². The van der Waals surface area contributed by atoms with Crippen LogP contribution in [0, 0.1) is 18.3 Å². The summed E-state index contributed by atoms with van der Waals surface area (Å²) in [5, 5.41) is 35.1. The number of aromatic nitrogens is 3. The second-order valence-electron chi connectivity index (χ2n) is 10.7. The van der Waals surface area contributed by atoms with E-state index in [4.69, 9.17) is 0 Å². The summed E-state index contributed by atoms with van der Waals surface area (Å²) in [5.74, 6) is -0.906. The molecule has 2 aromatic heterocycles. The minimum atomic E-state index is -1.14. The van der Waals surface area contributed by atoms with Crippen LogP contribution in [0.4, 0.5) is 11.6 Å². The van der Waals surface area contributed by atoms with Crippen molar-refractivity contribution in [2.45, 2.75) is 65.1 Å². The topological polar surface area (TPSA) is 128 Å². The highest BCUT2D eigenvalue weighted by molar-refractivity contribution is 7.15. The van der Waals surface area contributed by atoms with Crippen LogP contribution in [0.25, 0.3) is 10.4 Å². The predicted octanol–water partition coefficient (Wildman–Crippen LogP) is 4.98. The minimum absolute atomic E-state index is 0.347. The first kappa shape index (κ1) is 25.2. The minimum Gasteiger partial charge on any atom is -0.481 e. The number of benzene rings is 1. The summed E-state index contributed by atoms with van der Waals surface area (Å²) in [7, 11) is 0. The molecule has 186 valence electrons. The lowest BCUT2D eigenvalue weighted by Crippen LogP contribution is -2.44. The van der Waals surface area contributed by atoms with E-state index in [1.54, 1.807) is 32.3 Å². The fraction of sp³-hybridized carbons (Fsp3) is 0.462. The number of carbonyl (C=O) groups is 1. The molecule has 0 amide bonds. The number of carboxylic acids is 1. The smallest absolute Gasteiger partial charge is 0.307 e. The van der Waals surface area contributed by atoms with Crippen LogP contribution in [-0.4, -0.2) is 36.2 Å². The van der Waals surface area contributed by atoms with E-state index in [1.165, 1.54) is 11.3 Å². The van der Waals surface area contributed by atoms with Gasteiger partial charge in [-0.3, -0.25) is 4.79 Å². The maximum absolute atomic E-state index is 11.6. The van der Waals surface area contributed by atoms with Gasteiger partial charge >= 0.3 is 5.97 Å². The number of rotatable bonds is 6. The van der Waals surface area contributed by atoms with Crippen molar-refractivity contribution in [3.05, 3.63) is 52.9 Å². The van der Waals surface area contributed by atoms with Crippen LogP contribution < -0.4 is 5.32 Å². The number of nitrogens with zero attached hydrogens (tertiary/aromatic N) is 3. The maximum atomic E-state index is 11.6. The van der Waals surface area contributed by atoms with Crippen molar-refractivity contribution in [1.82, 2.24) is 15.0 Å². The summed E-state index contributed by atoms with van der Waals surface area (Å²) >= 11 is 1.43. The van der Waals surface area contributed by atoms with Crippen molar-refractivity contribution in [2.75, 3.05) is 5.32 Å². The van der Waals surface area contributed by atoms with E-state index < -0.39 is 28.5 Å². The normalized spacial score (nSPS) is 22.1. The van der Waals surface area contributed by atoms with E-state index >= 15 is 0 Å². The number of anilines is 2. The van der Waals surface area contributed by atoms with Crippen LogP contribution in [0.15, 0.2) is 36.7 Å². The number of thiazole rings is 1. The fourth-order valence-electron chi connectivity index (χ4n) is 4.89. The van der Waals surface area contributed by atoms with Crippen molar-refractivity contribution in [3.8, 4) is 10.4 Å². The number of nitrogens with one attached hydrogen (secondary N) is 1. The molecule has 9 heteroatoms. The van der Waals surface area contributed by atoms with Gasteiger partial charge in [-0.05, 0) is 74.8 Å². The monoisotopic (exact) mass is 496 g/mol. The molecule has 1 fully saturated rings. The lowest BCUT2D eigenvalue weighted by atomic mass is 9.63. The highest BCUT2D eigenvalue weighted by Crippen LogP contribution is 2.50. The van der Waals surface area contributed by atoms with E-state index in [1.807, 2.05) is 39.0 Å². The van der Waals surface area contributed by atoms with Gasteiger partial charge in [-0.2, -0.15) is 0 Å². The van der Waals surface area contributed by atoms with Gasteiger partial charge in [-0.25, -0.2) is 15.0 Å². The molecule has 2 atom stereocenters. The molecule has 0 spiro atoms. The summed E-state index contributed by atoms with van der Waals surface area (Å²) in [6.07, 6.45) is 4.50. The molecule has 1 aliphatic carbocycles. The lowest BCUT2D eigenvalue weighted by Gasteiger charge is -2.44. The van der Waals surface area contributed by atoms with Gasteiger partial charge in [-0.1, -0.05) is 19.9 Å². The van der Waals surface area contributed by atoms with Crippen LogP contribution in [0.5, 0.6) is 0 Å². The summed E-state index contributed by atoms with van der Waals surface area (Å²) < 4.78 is 0. The van der Waals surface area contributed by atoms with Gasteiger partial charge in [0.15, 0.2) is 0 Å². The van der Waals surface area contributed by atoms with Crippen molar-refractivity contribution in [2.24, 2.45) is 11.3 Å². The van der Waals surface area contributed by atoms with Gasteiger partial charge in [0, 0.05) is 18.1 Å². The zero-order valence-corrected chi connectivity index (χ0v) is 21.5. The van der Waals surface area contributed by atoms with Gasteiger partial charge < -0.3 is 20.6 Å². The number of aryl methyl sites for hydroxylation is 1. The lowest BCUT2D eigenvalue weighted by molar-refractivity contribution is -0.154. The quantitative estimate of drug-likeness (QED) is 0.376. The molecule has 0 unspecified atom stereocenters. The number of aliphatic hydroxyl groups is 2. The van der Waals surface area contributed by atoms with Crippen LogP contribution in [-0.2, 0) is 16.0 Å². The molecule has 0 bridgehead atoms. The Balaban J connectivity index is 1.59. The third kappa shape index (κ3) is 5.37. The first-order valence-corrected chi connectivity index (χ1v) is 12.4. The first-order valence-electron chi connectivity index (χ1n) is 11.6. The van der Waals surface area contributed by atoms with E-state index in [-0.39, 0.29) is 0 Å². The standard InChI is InChI=1S/C26H32N4O4S/c1-15-10-16(12-17(11-15)29-23-27-9-7-20(30-23)25(4,5)33)19-13-28-22(35-19)26(34)8-6-18(21(31)32)24(2,3)14-26/h7,9-13,18,33-34H,6,8,14H2,1-5H3,(H,31,32)(H,27,29,30)/t18-,26-/m1/s1. The zero-order chi connectivity index (χ0) is 25.6. The number of aliphatic carboxylic acids is 1. The molecule has 4 N–H and O–H groups in total. The van der Waals surface area contributed by atoms with Gasteiger partial charge in [0.25, 0.3) is 0 Å². The van der Waals surface area contributed by atoms with E-state index in [0.717, 1.165) is 21.7 Å². The number of carboxylic acid groups (broad SMARTS) is 1. The maximum Gasteiger partial charge on any atom is 0.307 e. The number of hydrogen-bond acceptors (Lipinski definition) is 8. The third-order valence-corrected chi connectivity index (χ3v) is 7.88. The second-order valence-corrected chi connectivity index (χ2v) is 11.7. The molecular formula is C26H32N4O4S. The summed E-state index contributed by atoms with van der Waals surface area (Å²) in [4.78, 5) is 25.8. The molecule has 1 saturated carbocycles. The molecule has 35 heavy (non-hydrogen) atoms. The molecule has 0 saturated heterocycles. The molecule has 4 rings (SSSR count). The largest absolute Gasteiger partial charge is 0.481 e. The molecule has 0 radical (unpaired) electrons. The van der Waals surface area contributed by atoms with Crippen molar-refractivity contribution >= 4 is 28.9 Å². The van der Waals surface area contributed by atoms with Gasteiger partial charge in [0.2, 0.25) is 5.95 Å². The molecule has 3 aromatic rings. The van der Waals surface area contributed by atoms with Crippen molar-refractivity contribution < 1.29 is 20.1 Å². The Morgan fingerprint density at radius 1 is 1.23 bits per heavy atom. The van der Waals surface area contributed by atoms with Crippen molar-refractivity contribution in [3.63, 3.8) is 0 Å². The Kier molecular flexibility index (Phi) is 6.46. The third-order valence-electron chi connectivity index (χ3n) is 6.64. The Morgan fingerprint density at radius 2 is 1.97 bits per heavy atom. The van der Waals surface area contributed by atoms with Crippen LogP contribution in [0.3, 0.4) is 0 Å². The molecule has 1 aliphatic rings. The SMILES string of the molecule is Cc1cc(Nc2nccc(C(C)(C)O)n2)cc(-c2cnc([C@@]3(O)CC[C@H](C(=O)O)C(C)(C)C3)s2)c1. The Hall–Kier alpha value is -2.88. The average molecular weight is 497 g/mol. The molecular weight excluding hydrogens is 464 g/mol. The highest BCUT2D eigenvalue weighted by atomic mass is 32.1. The predicted molar refractivity (Wildman–Crippen MR) is 136 cm³/mol. The van der Waals surface area contributed by atoms with Crippen LogP contribution in [0.2, 0.25) is 0 Å². The summed E-state index contributed by atoms with van der Waals surface area (Å²) in [6, 6.07) is 7.68. The highest BCUT2D eigenvalue weighted by Gasteiger charge is 2.49. The van der Waals surface area contributed by atoms with Gasteiger partial charge in [0.05, 0.1) is 16.5 Å². The summed E-state index contributed by atoms with van der Waals surface area (Å²) in [6.45, 7) is 9.15. The van der Waals surface area contributed by atoms with Crippen LogP contribution in [0.1, 0.15) is 63.2 Å². The van der Waals surface area contributed by atoms with Gasteiger partial charge in [-0.15, -0.1) is 11.3 Å². The fourth-order valence-corrected chi connectivity index (χ4v) is 5.91. The second kappa shape index (κ2) is 8.96. The van der Waals surface area contributed by atoms with Crippen LogP contribution >= 0.6 is 11.3 Å². The van der Waals surface area contributed by atoms with E-state index in [2.05, 4.69) is 20.3 Å². The average Bonchev–Trinajstić information content (AvgIpc) is 3.23. The van der Waals surface area contributed by atoms with E-state index in [0.29, 0.717) is 35.9 Å². The zero-order valence-electron chi connectivity index (χ0n) is 20.7. The molecule has 2 heterocycles. The molecule has 1 aromatic carbocycles. The summed E-state index contributed by atoms with van der Waals surface area (Å²) in [5.41, 5.74) is 0.525. The molecule has 8 nitrogen and oxygen atoms in total. The molecule has 0 aliphatic heterocycles. The van der Waals surface area contributed by atoms with Gasteiger partial charge in [0.1, 0.15) is 16.2 Å². The Labute approximate surface area is 209 Å². The Bertz CT molecular complexity index is 1250. The van der Waals surface area contributed by atoms with Crippen molar-refractivity contribution in [1.29, 1.82) is 0 Å². The first-order chi connectivity index (χ1) is 16.3. The number of hydrogen-bond donors (Lipinski definition) is 4. The Morgan fingerprint density at radius 3 is 2.63 bits per heavy atom.